The number of nitrogens with two attached hydrogens (primary N) is 1. The molecule has 0 radical (unpaired) electrons. The van der Waals surface area contributed by atoms with Gasteiger partial charge in [0.15, 0.2) is 0 Å². The molecule has 1 aromatic heterocycles. The van der Waals surface area contributed by atoms with Gasteiger partial charge in [-0.15, -0.1) is 11.3 Å². The van der Waals surface area contributed by atoms with Crippen LogP contribution in [0.1, 0.15) is 12.1 Å². The first kappa shape index (κ1) is 23.4. The second-order valence-electron chi connectivity index (χ2n) is 7.32. The third-order valence-electron chi connectivity index (χ3n) is 5.18. The Morgan fingerprint density at radius 1 is 1.26 bits per heavy atom. The van der Waals surface area contributed by atoms with E-state index < -0.39 is 12.1 Å². The fourth-order valence-corrected chi connectivity index (χ4v) is 4.77. The van der Waals surface area contributed by atoms with Gasteiger partial charge in [-0.1, -0.05) is 0 Å². The van der Waals surface area contributed by atoms with Gasteiger partial charge in [-0.3, -0.25) is 9.69 Å². The number of carbonyl (C=O) groups excluding carboxylic acids is 2. The van der Waals surface area contributed by atoms with E-state index in [2.05, 4.69) is 15.6 Å². The summed E-state index contributed by atoms with van der Waals surface area (Å²) >= 11 is 3.27. The lowest BCUT2D eigenvalue weighted by molar-refractivity contribution is -0.135. The summed E-state index contributed by atoms with van der Waals surface area (Å²) in [4.78, 5) is 33.0. The van der Waals surface area contributed by atoms with Gasteiger partial charge in [-0.05, 0) is 42.7 Å². The Balaban J connectivity index is 1.52. The van der Waals surface area contributed by atoms with Gasteiger partial charge in [0.25, 0.3) is 0 Å². The minimum absolute atomic E-state index is 0.0528. The SMILES string of the molecule is COc1ccc(-c2nc(CN3CCN(C(=O)C(CCSC)NC(N)=O)CC3)cs2)cc1. The zero-order valence-corrected chi connectivity index (χ0v) is 19.5. The molecular formula is C21H29N5O3S2. The highest BCUT2D eigenvalue weighted by molar-refractivity contribution is 7.98. The summed E-state index contributed by atoms with van der Waals surface area (Å²) in [6.45, 7) is 3.55. The summed E-state index contributed by atoms with van der Waals surface area (Å²) < 4.78 is 5.21. The molecule has 1 saturated heterocycles. The van der Waals surface area contributed by atoms with Crippen molar-refractivity contribution >= 4 is 35.0 Å². The van der Waals surface area contributed by atoms with E-state index in [1.54, 1.807) is 30.2 Å². The van der Waals surface area contributed by atoms with Crippen LogP contribution in [0.25, 0.3) is 10.6 Å². The van der Waals surface area contributed by atoms with Crippen molar-refractivity contribution in [3.8, 4) is 16.3 Å². The van der Waals surface area contributed by atoms with Gasteiger partial charge >= 0.3 is 6.03 Å². The highest BCUT2D eigenvalue weighted by Gasteiger charge is 2.28. The molecule has 0 aliphatic carbocycles. The summed E-state index contributed by atoms with van der Waals surface area (Å²) in [7, 11) is 1.66. The summed E-state index contributed by atoms with van der Waals surface area (Å²) in [6, 6.07) is 6.69. The number of methoxy groups -OCH3 is 1. The maximum atomic E-state index is 12.8. The molecule has 3 N–H and O–H groups in total. The maximum Gasteiger partial charge on any atom is 0.312 e. The molecule has 10 heteroatoms. The van der Waals surface area contributed by atoms with Crippen molar-refractivity contribution in [3.63, 3.8) is 0 Å². The number of thioether (sulfide) groups is 1. The van der Waals surface area contributed by atoms with Crippen LogP contribution in [0.2, 0.25) is 0 Å². The standard InChI is InChI=1S/C21H29N5O3S2/c1-29-17-5-3-15(4-6-17)19-23-16(14-31-19)13-25-8-10-26(11-9-25)20(27)18(7-12-30-2)24-21(22)28/h3-6,14,18H,7-13H2,1-2H3,(H3,22,24,28). The van der Waals surface area contributed by atoms with E-state index in [-0.39, 0.29) is 5.91 Å². The molecule has 2 aromatic rings. The molecule has 3 amide bonds. The van der Waals surface area contributed by atoms with Crippen LogP contribution in [0.3, 0.4) is 0 Å². The number of piperazine rings is 1. The van der Waals surface area contributed by atoms with Gasteiger partial charge < -0.3 is 20.7 Å². The summed E-state index contributed by atoms with van der Waals surface area (Å²) in [6.07, 6.45) is 2.55. The van der Waals surface area contributed by atoms with E-state index in [1.807, 2.05) is 35.4 Å². The number of amides is 3. The fraction of sp³-hybridized carbons (Fsp3) is 0.476. The monoisotopic (exact) mass is 463 g/mol. The van der Waals surface area contributed by atoms with Crippen LogP contribution in [0, 0.1) is 0 Å². The lowest BCUT2D eigenvalue weighted by Gasteiger charge is -2.36. The van der Waals surface area contributed by atoms with Gasteiger partial charge in [-0.25, -0.2) is 9.78 Å². The Hall–Kier alpha value is -2.30. The van der Waals surface area contributed by atoms with Gasteiger partial charge in [0.1, 0.15) is 16.8 Å². The first-order chi connectivity index (χ1) is 15.0. The number of primary amides is 1. The third kappa shape index (κ3) is 6.59. The first-order valence-corrected chi connectivity index (χ1v) is 12.4. The zero-order chi connectivity index (χ0) is 22.2. The average molecular weight is 464 g/mol. The molecule has 168 valence electrons. The Labute approximate surface area is 191 Å². The summed E-state index contributed by atoms with van der Waals surface area (Å²) in [5.41, 5.74) is 7.36. The van der Waals surface area contributed by atoms with Crippen LogP contribution < -0.4 is 15.8 Å². The number of ether oxygens (including phenoxy) is 1. The lowest BCUT2D eigenvalue weighted by Crippen LogP contribution is -2.55. The Morgan fingerprint density at radius 3 is 2.58 bits per heavy atom. The number of benzene rings is 1. The number of aromatic nitrogens is 1. The van der Waals surface area contributed by atoms with Gasteiger partial charge in [0, 0.05) is 43.7 Å². The van der Waals surface area contributed by atoms with Crippen molar-refractivity contribution in [3.05, 3.63) is 35.3 Å². The highest BCUT2D eigenvalue weighted by Crippen LogP contribution is 2.26. The van der Waals surface area contributed by atoms with Crippen molar-refractivity contribution in [2.45, 2.75) is 19.0 Å². The van der Waals surface area contributed by atoms with E-state index in [0.29, 0.717) is 19.5 Å². The second-order valence-corrected chi connectivity index (χ2v) is 9.16. The highest BCUT2D eigenvalue weighted by atomic mass is 32.2. The molecule has 0 spiro atoms. The Kier molecular flexibility index (Phi) is 8.56. The van der Waals surface area contributed by atoms with Crippen molar-refractivity contribution in [1.82, 2.24) is 20.1 Å². The fourth-order valence-electron chi connectivity index (χ4n) is 3.49. The normalized spacial score (nSPS) is 15.5. The smallest absolute Gasteiger partial charge is 0.312 e. The molecule has 1 aromatic carbocycles. The first-order valence-electron chi connectivity index (χ1n) is 10.1. The number of carbonyl (C=O) groups is 2. The largest absolute Gasteiger partial charge is 0.497 e. The molecule has 1 aliphatic rings. The van der Waals surface area contributed by atoms with Gasteiger partial charge in [-0.2, -0.15) is 11.8 Å². The number of urea groups is 1. The van der Waals surface area contributed by atoms with Gasteiger partial charge in [0.05, 0.1) is 12.8 Å². The van der Waals surface area contributed by atoms with E-state index in [1.165, 1.54) is 0 Å². The number of thiazole rings is 1. The second kappa shape index (κ2) is 11.4. The Bertz CT molecular complexity index is 866. The van der Waals surface area contributed by atoms with E-state index in [0.717, 1.165) is 47.4 Å². The van der Waals surface area contributed by atoms with Crippen LogP contribution in [-0.2, 0) is 11.3 Å². The number of hydrogen-bond acceptors (Lipinski definition) is 7. The predicted molar refractivity (Wildman–Crippen MR) is 125 cm³/mol. The number of hydrogen-bond donors (Lipinski definition) is 2. The molecule has 0 bridgehead atoms. The maximum absolute atomic E-state index is 12.8. The molecular weight excluding hydrogens is 434 g/mol. The molecule has 1 aliphatic heterocycles. The predicted octanol–water partition coefficient (Wildman–Crippen LogP) is 2.25. The summed E-state index contributed by atoms with van der Waals surface area (Å²) in [5, 5.41) is 5.67. The molecule has 3 rings (SSSR count). The molecule has 1 unspecified atom stereocenters. The van der Waals surface area contributed by atoms with E-state index in [9.17, 15) is 9.59 Å². The van der Waals surface area contributed by atoms with Crippen molar-refractivity contribution in [2.75, 3.05) is 45.3 Å². The van der Waals surface area contributed by atoms with Crippen LogP contribution in [0.5, 0.6) is 5.75 Å². The van der Waals surface area contributed by atoms with Crippen molar-refractivity contribution in [1.29, 1.82) is 0 Å². The average Bonchev–Trinajstić information content (AvgIpc) is 3.25. The number of nitrogens with zero attached hydrogens (tertiary/aromatic N) is 3. The zero-order valence-electron chi connectivity index (χ0n) is 17.9. The van der Waals surface area contributed by atoms with E-state index in [4.69, 9.17) is 15.5 Å². The van der Waals surface area contributed by atoms with E-state index >= 15 is 0 Å². The quantitative estimate of drug-likeness (QED) is 0.592. The molecule has 1 atom stereocenters. The molecule has 8 nitrogen and oxygen atoms in total. The number of nitrogens with one attached hydrogen (secondary N) is 1. The summed E-state index contributed by atoms with van der Waals surface area (Å²) in [5.74, 6) is 1.56. The van der Waals surface area contributed by atoms with Gasteiger partial charge in [0.2, 0.25) is 5.91 Å². The van der Waals surface area contributed by atoms with Crippen LogP contribution in [0.15, 0.2) is 29.6 Å². The van der Waals surface area contributed by atoms with Crippen LogP contribution >= 0.6 is 23.1 Å². The molecule has 0 saturated carbocycles. The van der Waals surface area contributed by atoms with Crippen LogP contribution in [0.4, 0.5) is 4.79 Å². The van der Waals surface area contributed by atoms with Crippen molar-refractivity contribution in [2.24, 2.45) is 5.73 Å². The minimum Gasteiger partial charge on any atom is -0.497 e. The lowest BCUT2D eigenvalue weighted by atomic mass is 10.1. The Morgan fingerprint density at radius 2 is 1.97 bits per heavy atom. The molecule has 2 heterocycles. The third-order valence-corrected chi connectivity index (χ3v) is 6.77. The number of rotatable bonds is 9. The topological polar surface area (TPSA) is 101 Å². The van der Waals surface area contributed by atoms with Crippen LogP contribution in [-0.4, -0.2) is 78.1 Å². The minimum atomic E-state index is -0.658. The van der Waals surface area contributed by atoms with Crippen molar-refractivity contribution < 1.29 is 14.3 Å². The molecule has 1 fully saturated rings. The molecule has 31 heavy (non-hydrogen) atoms.